The van der Waals surface area contributed by atoms with E-state index in [0.29, 0.717) is 37.3 Å². The standard InChI is InChI=1S/C28H26F7N3O3/c1-15-12-22(39)38-25(37-15)23-21(28(33,34)35)11-6-18(24(23)29)13-36-26(40)17-4-9-20(10-5-17)41-14-16-2-7-19(8-3-16)27(30,31)32/h2-3,6-8,11-12,17,20H,4-5,9-10,13-14H2,1H3,(H,36,40)(H,37,38,39)/t17-,20-. The Bertz CT molecular complexity index is 1440. The van der Waals surface area contributed by atoms with Crippen LogP contribution in [0.3, 0.4) is 0 Å². The van der Waals surface area contributed by atoms with Crippen molar-refractivity contribution in [2.45, 2.75) is 64.2 Å². The predicted molar refractivity (Wildman–Crippen MR) is 134 cm³/mol. The summed E-state index contributed by atoms with van der Waals surface area (Å²) in [5.74, 6) is -2.64. The van der Waals surface area contributed by atoms with Gasteiger partial charge < -0.3 is 15.0 Å². The van der Waals surface area contributed by atoms with Crippen LogP contribution in [0.1, 0.15) is 53.6 Å². The van der Waals surface area contributed by atoms with Gasteiger partial charge in [0.25, 0.3) is 5.56 Å². The minimum absolute atomic E-state index is 0.105. The number of hydrogen-bond donors (Lipinski definition) is 2. The Morgan fingerprint density at radius 3 is 2.24 bits per heavy atom. The molecule has 4 rings (SSSR count). The first kappa shape index (κ1) is 30.2. The number of halogens is 7. The normalized spacial score (nSPS) is 17.9. The summed E-state index contributed by atoms with van der Waals surface area (Å²) >= 11 is 0. The van der Waals surface area contributed by atoms with Crippen molar-refractivity contribution in [1.29, 1.82) is 0 Å². The molecule has 0 aliphatic heterocycles. The zero-order valence-corrected chi connectivity index (χ0v) is 21.8. The molecule has 2 aromatic carbocycles. The maximum absolute atomic E-state index is 15.4. The smallest absolute Gasteiger partial charge is 0.374 e. The lowest BCUT2D eigenvalue weighted by Gasteiger charge is -2.28. The number of ether oxygens (including phenoxy) is 1. The average molecular weight is 586 g/mol. The van der Waals surface area contributed by atoms with E-state index in [-0.39, 0.29) is 30.5 Å². The molecule has 1 aromatic heterocycles. The van der Waals surface area contributed by atoms with E-state index in [0.717, 1.165) is 24.3 Å². The van der Waals surface area contributed by atoms with E-state index in [1.54, 1.807) is 0 Å². The number of benzene rings is 2. The molecule has 1 fully saturated rings. The number of aryl methyl sites for hydroxylation is 1. The Morgan fingerprint density at radius 1 is 1.00 bits per heavy atom. The first-order valence-corrected chi connectivity index (χ1v) is 12.7. The molecular weight excluding hydrogens is 559 g/mol. The number of carbonyl (C=O) groups excluding carboxylic acids is 1. The third-order valence-corrected chi connectivity index (χ3v) is 6.90. The largest absolute Gasteiger partial charge is 0.417 e. The number of aromatic nitrogens is 2. The molecule has 0 atom stereocenters. The fraction of sp³-hybridized carbons (Fsp3) is 0.393. The van der Waals surface area contributed by atoms with E-state index in [4.69, 9.17) is 4.74 Å². The number of carbonyl (C=O) groups is 1. The molecule has 1 heterocycles. The van der Waals surface area contributed by atoms with Gasteiger partial charge in [0.15, 0.2) is 0 Å². The van der Waals surface area contributed by atoms with E-state index in [1.807, 2.05) is 0 Å². The van der Waals surface area contributed by atoms with Gasteiger partial charge in [0.1, 0.15) is 11.6 Å². The monoisotopic (exact) mass is 585 g/mol. The quantitative estimate of drug-likeness (QED) is 0.318. The summed E-state index contributed by atoms with van der Waals surface area (Å²) in [5.41, 5.74) is -3.22. The van der Waals surface area contributed by atoms with Crippen LogP contribution < -0.4 is 10.9 Å². The van der Waals surface area contributed by atoms with E-state index < -0.39 is 58.1 Å². The Hall–Kier alpha value is -3.74. The zero-order valence-electron chi connectivity index (χ0n) is 21.8. The Labute approximate surface area is 230 Å². The average Bonchev–Trinajstić information content (AvgIpc) is 2.89. The molecule has 13 heteroatoms. The number of hydrogen-bond acceptors (Lipinski definition) is 4. The molecule has 220 valence electrons. The Morgan fingerprint density at radius 2 is 1.66 bits per heavy atom. The van der Waals surface area contributed by atoms with E-state index in [2.05, 4.69) is 15.3 Å². The van der Waals surface area contributed by atoms with Crippen LogP contribution in [-0.4, -0.2) is 22.0 Å². The SMILES string of the molecule is Cc1cc(=O)[nH]c(-c2c(C(F)(F)F)ccc(CNC(=O)[C@H]3CC[C@H](OCc4ccc(C(F)(F)F)cc4)CC3)c2F)n1. The van der Waals surface area contributed by atoms with Gasteiger partial charge in [-0.2, -0.15) is 26.3 Å². The predicted octanol–water partition coefficient (Wildman–Crippen LogP) is 6.31. The molecule has 2 N–H and O–H groups in total. The second kappa shape index (κ2) is 12.0. The van der Waals surface area contributed by atoms with Crippen molar-refractivity contribution in [1.82, 2.24) is 15.3 Å². The van der Waals surface area contributed by atoms with Crippen LogP contribution in [0, 0.1) is 18.7 Å². The molecule has 0 radical (unpaired) electrons. The lowest BCUT2D eigenvalue weighted by molar-refractivity contribution is -0.138. The third kappa shape index (κ3) is 7.51. The van der Waals surface area contributed by atoms with Crippen molar-refractivity contribution in [3.63, 3.8) is 0 Å². The highest BCUT2D eigenvalue weighted by atomic mass is 19.4. The number of amides is 1. The van der Waals surface area contributed by atoms with Gasteiger partial charge in [-0.1, -0.05) is 18.2 Å². The van der Waals surface area contributed by atoms with Gasteiger partial charge in [0.2, 0.25) is 5.91 Å². The molecule has 0 spiro atoms. The number of aromatic amines is 1. The second-order valence-electron chi connectivity index (χ2n) is 9.89. The Balaban J connectivity index is 1.35. The molecule has 3 aromatic rings. The third-order valence-electron chi connectivity index (χ3n) is 6.90. The van der Waals surface area contributed by atoms with Gasteiger partial charge in [-0.3, -0.25) is 9.59 Å². The maximum Gasteiger partial charge on any atom is 0.417 e. The minimum Gasteiger partial charge on any atom is -0.374 e. The highest BCUT2D eigenvalue weighted by Crippen LogP contribution is 2.38. The molecule has 41 heavy (non-hydrogen) atoms. The summed E-state index contributed by atoms with van der Waals surface area (Å²) < 4.78 is 100. The second-order valence-corrected chi connectivity index (χ2v) is 9.89. The molecule has 1 aliphatic carbocycles. The first-order valence-electron chi connectivity index (χ1n) is 12.7. The van der Waals surface area contributed by atoms with Gasteiger partial charge >= 0.3 is 12.4 Å². The van der Waals surface area contributed by atoms with Gasteiger partial charge in [-0.25, -0.2) is 9.37 Å². The Kier molecular flexibility index (Phi) is 8.86. The van der Waals surface area contributed by atoms with E-state index in [1.165, 1.54) is 19.1 Å². The molecular formula is C28H26F7N3O3. The number of nitrogens with zero attached hydrogens (tertiary/aromatic N) is 1. The first-order chi connectivity index (χ1) is 19.2. The van der Waals surface area contributed by atoms with Gasteiger partial charge in [0, 0.05) is 29.8 Å². The number of nitrogens with one attached hydrogen (secondary N) is 2. The summed E-state index contributed by atoms with van der Waals surface area (Å²) in [4.78, 5) is 30.6. The van der Waals surface area contributed by atoms with Crippen LogP contribution in [0.2, 0.25) is 0 Å². The molecule has 1 aliphatic rings. The molecule has 0 bridgehead atoms. The highest BCUT2D eigenvalue weighted by molar-refractivity contribution is 5.78. The zero-order chi connectivity index (χ0) is 29.9. The molecule has 6 nitrogen and oxygen atoms in total. The summed E-state index contributed by atoms with van der Waals surface area (Å²) in [6.45, 7) is 1.13. The molecule has 0 unspecified atom stereocenters. The highest BCUT2D eigenvalue weighted by Gasteiger charge is 2.37. The lowest BCUT2D eigenvalue weighted by Crippen LogP contribution is -2.34. The molecule has 1 saturated carbocycles. The summed E-state index contributed by atoms with van der Waals surface area (Å²) in [7, 11) is 0. The van der Waals surface area contributed by atoms with Gasteiger partial charge in [-0.05, 0) is 56.4 Å². The van der Waals surface area contributed by atoms with Crippen molar-refractivity contribution in [3.05, 3.63) is 86.6 Å². The van der Waals surface area contributed by atoms with Crippen molar-refractivity contribution in [3.8, 4) is 11.4 Å². The van der Waals surface area contributed by atoms with Crippen LogP contribution in [0.25, 0.3) is 11.4 Å². The topological polar surface area (TPSA) is 84.1 Å². The summed E-state index contributed by atoms with van der Waals surface area (Å²) in [6.07, 6.45) is -7.61. The molecule has 1 amide bonds. The van der Waals surface area contributed by atoms with Crippen LogP contribution in [-0.2, 0) is 35.0 Å². The van der Waals surface area contributed by atoms with Gasteiger partial charge in [-0.15, -0.1) is 0 Å². The number of H-pyrrole nitrogens is 1. The van der Waals surface area contributed by atoms with E-state index >= 15 is 4.39 Å². The summed E-state index contributed by atoms with van der Waals surface area (Å²) in [5, 5.41) is 2.57. The van der Waals surface area contributed by atoms with Crippen LogP contribution in [0.5, 0.6) is 0 Å². The lowest BCUT2D eigenvalue weighted by atomic mass is 9.86. The number of rotatable bonds is 7. The van der Waals surface area contributed by atoms with Crippen LogP contribution in [0.4, 0.5) is 30.7 Å². The van der Waals surface area contributed by atoms with Gasteiger partial charge in [0.05, 0.1) is 29.4 Å². The summed E-state index contributed by atoms with van der Waals surface area (Å²) in [6, 6.07) is 7.34. The molecule has 0 saturated heterocycles. The van der Waals surface area contributed by atoms with Crippen molar-refractivity contribution in [2.24, 2.45) is 5.92 Å². The number of alkyl halides is 6. The van der Waals surface area contributed by atoms with Crippen LogP contribution in [0.15, 0.2) is 47.3 Å². The van der Waals surface area contributed by atoms with E-state index in [9.17, 15) is 35.9 Å². The van der Waals surface area contributed by atoms with Crippen molar-refractivity contribution < 1.29 is 40.3 Å². The van der Waals surface area contributed by atoms with Crippen molar-refractivity contribution >= 4 is 5.91 Å². The fourth-order valence-electron chi connectivity index (χ4n) is 4.74. The minimum atomic E-state index is -4.92. The fourth-order valence-corrected chi connectivity index (χ4v) is 4.74. The maximum atomic E-state index is 15.4. The van der Waals surface area contributed by atoms with Crippen LogP contribution >= 0.6 is 0 Å². The van der Waals surface area contributed by atoms with Crippen molar-refractivity contribution in [2.75, 3.05) is 0 Å².